The maximum Gasteiger partial charge on any atom is 0.314 e. The van der Waals surface area contributed by atoms with E-state index in [4.69, 9.17) is 9.47 Å². The molecule has 0 spiro atoms. The number of rotatable bonds is 3. The number of carbonyl (C=O) groups excluding carboxylic acids is 1. The summed E-state index contributed by atoms with van der Waals surface area (Å²) >= 11 is 0. The van der Waals surface area contributed by atoms with Crippen LogP contribution in [0, 0.1) is 5.92 Å². The third-order valence-electron chi connectivity index (χ3n) is 2.19. The molecule has 1 aliphatic carbocycles. The molecule has 0 atom stereocenters. The van der Waals surface area contributed by atoms with Crippen LogP contribution in [0.3, 0.4) is 0 Å². The molecular weight excluding hydrogens is 180 g/mol. The van der Waals surface area contributed by atoms with Gasteiger partial charge in [-0.2, -0.15) is 0 Å². The maximum absolute atomic E-state index is 11.4. The lowest BCUT2D eigenvalue weighted by Gasteiger charge is -2.07. The zero-order valence-electron chi connectivity index (χ0n) is 8.03. The summed E-state index contributed by atoms with van der Waals surface area (Å²) in [5.41, 5.74) is 0. The van der Waals surface area contributed by atoms with E-state index >= 15 is 0 Å². The number of methoxy groups -OCH3 is 1. The molecule has 0 amide bonds. The Kier molecular flexibility index (Phi) is 2.39. The molecule has 1 aromatic rings. The molecule has 3 heteroatoms. The molecule has 0 radical (unpaired) electrons. The van der Waals surface area contributed by atoms with Gasteiger partial charge >= 0.3 is 5.97 Å². The van der Waals surface area contributed by atoms with Crippen molar-refractivity contribution in [2.45, 2.75) is 12.8 Å². The highest BCUT2D eigenvalue weighted by Gasteiger charge is 2.32. The van der Waals surface area contributed by atoms with Crippen LogP contribution in [0.2, 0.25) is 0 Å². The summed E-state index contributed by atoms with van der Waals surface area (Å²) in [6.45, 7) is 0. The van der Waals surface area contributed by atoms with Crippen LogP contribution in [-0.4, -0.2) is 13.1 Å². The Hall–Kier alpha value is -1.51. The van der Waals surface area contributed by atoms with E-state index in [1.807, 2.05) is 12.1 Å². The minimum Gasteiger partial charge on any atom is -0.493 e. The van der Waals surface area contributed by atoms with Gasteiger partial charge in [0.05, 0.1) is 13.0 Å². The summed E-state index contributed by atoms with van der Waals surface area (Å²) in [7, 11) is 1.56. The number of ether oxygens (including phenoxy) is 2. The van der Waals surface area contributed by atoms with Gasteiger partial charge in [0.2, 0.25) is 0 Å². The van der Waals surface area contributed by atoms with Crippen LogP contribution in [0.1, 0.15) is 12.8 Å². The Bertz CT molecular complexity index is 342. The normalized spacial score (nSPS) is 14.9. The van der Waals surface area contributed by atoms with Crippen molar-refractivity contribution in [3.8, 4) is 11.5 Å². The van der Waals surface area contributed by atoms with Crippen LogP contribution >= 0.6 is 0 Å². The standard InChI is InChI=1S/C11H12O3/c1-13-9-4-2-3-5-10(9)14-11(12)8-6-7-8/h2-5,8H,6-7H2,1H3. The second-order valence-electron chi connectivity index (χ2n) is 3.35. The van der Waals surface area contributed by atoms with Crippen molar-refractivity contribution < 1.29 is 14.3 Å². The molecule has 0 heterocycles. The lowest BCUT2D eigenvalue weighted by Crippen LogP contribution is -2.10. The Labute approximate surface area is 82.6 Å². The molecule has 0 aliphatic heterocycles. The monoisotopic (exact) mass is 192 g/mol. The van der Waals surface area contributed by atoms with E-state index in [1.54, 1.807) is 19.2 Å². The van der Waals surface area contributed by atoms with Crippen LogP contribution in [0.15, 0.2) is 24.3 Å². The van der Waals surface area contributed by atoms with E-state index in [0.717, 1.165) is 12.8 Å². The molecule has 1 aromatic carbocycles. The van der Waals surface area contributed by atoms with Crippen molar-refractivity contribution in [1.29, 1.82) is 0 Å². The SMILES string of the molecule is COc1ccccc1OC(=O)C1CC1. The molecule has 0 N–H and O–H groups in total. The van der Waals surface area contributed by atoms with Crippen molar-refractivity contribution in [2.75, 3.05) is 7.11 Å². The van der Waals surface area contributed by atoms with Gasteiger partial charge in [0.15, 0.2) is 11.5 Å². The van der Waals surface area contributed by atoms with Crippen molar-refractivity contribution >= 4 is 5.97 Å². The number of carbonyl (C=O) groups is 1. The second-order valence-corrected chi connectivity index (χ2v) is 3.35. The fraction of sp³-hybridized carbons (Fsp3) is 0.364. The number of benzene rings is 1. The van der Waals surface area contributed by atoms with E-state index in [9.17, 15) is 4.79 Å². The minimum atomic E-state index is -0.144. The topological polar surface area (TPSA) is 35.5 Å². The van der Waals surface area contributed by atoms with Crippen molar-refractivity contribution in [3.05, 3.63) is 24.3 Å². The Morgan fingerprint density at radius 3 is 2.50 bits per heavy atom. The van der Waals surface area contributed by atoms with Crippen molar-refractivity contribution in [3.63, 3.8) is 0 Å². The van der Waals surface area contributed by atoms with Gasteiger partial charge in [0.1, 0.15) is 0 Å². The largest absolute Gasteiger partial charge is 0.493 e. The second kappa shape index (κ2) is 3.70. The summed E-state index contributed by atoms with van der Waals surface area (Å²) in [6.07, 6.45) is 1.90. The van der Waals surface area contributed by atoms with Gasteiger partial charge in [-0.15, -0.1) is 0 Å². The minimum absolute atomic E-state index is 0.111. The molecule has 0 unspecified atom stereocenters. The molecule has 74 valence electrons. The van der Waals surface area contributed by atoms with Gasteiger partial charge in [-0.1, -0.05) is 12.1 Å². The smallest absolute Gasteiger partial charge is 0.314 e. The van der Waals surface area contributed by atoms with Crippen LogP contribution in [0.5, 0.6) is 11.5 Å². The highest BCUT2D eigenvalue weighted by molar-refractivity contribution is 5.78. The highest BCUT2D eigenvalue weighted by atomic mass is 16.6. The molecule has 14 heavy (non-hydrogen) atoms. The summed E-state index contributed by atoms with van der Waals surface area (Å²) in [6, 6.07) is 7.17. The van der Waals surface area contributed by atoms with Gasteiger partial charge in [-0.3, -0.25) is 4.79 Å². The first-order chi connectivity index (χ1) is 6.81. The lowest BCUT2D eigenvalue weighted by molar-refractivity contribution is -0.135. The molecular formula is C11H12O3. The molecule has 3 nitrogen and oxygen atoms in total. The van der Waals surface area contributed by atoms with E-state index in [0.29, 0.717) is 11.5 Å². The third-order valence-corrected chi connectivity index (χ3v) is 2.19. The summed E-state index contributed by atoms with van der Waals surface area (Å²) < 4.78 is 10.3. The fourth-order valence-corrected chi connectivity index (χ4v) is 1.21. The molecule has 1 fully saturated rings. The molecule has 0 bridgehead atoms. The van der Waals surface area contributed by atoms with Gasteiger partial charge in [-0.25, -0.2) is 0 Å². The quantitative estimate of drug-likeness (QED) is 0.543. The summed E-state index contributed by atoms with van der Waals surface area (Å²) in [4.78, 5) is 11.4. The average molecular weight is 192 g/mol. The van der Waals surface area contributed by atoms with Gasteiger partial charge in [0, 0.05) is 0 Å². The first-order valence-corrected chi connectivity index (χ1v) is 4.66. The molecule has 2 rings (SSSR count). The number of esters is 1. The Morgan fingerprint density at radius 2 is 1.93 bits per heavy atom. The van der Waals surface area contributed by atoms with E-state index in [2.05, 4.69) is 0 Å². The lowest BCUT2D eigenvalue weighted by atomic mass is 10.3. The molecule has 1 saturated carbocycles. The zero-order valence-corrected chi connectivity index (χ0v) is 8.03. The molecule has 1 aliphatic rings. The number of para-hydroxylation sites is 2. The summed E-state index contributed by atoms with van der Waals surface area (Å²) in [5.74, 6) is 1.07. The van der Waals surface area contributed by atoms with E-state index in [-0.39, 0.29) is 11.9 Å². The first-order valence-electron chi connectivity index (χ1n) is 4.66. The number of hydrogen-bond acceptors (Lipinski definition) is 3. The molecule has 0 aromatic heterocycles. The third kappa shape index (κ3) is 1.87. The zero-order chi connectivity index (χ0) is 9.97. The Morgan fingerprint density at radius 1 is 1.29 bits per heavy atom. The van der Waals surface area contributed by atoms with E-state index in [1.165, 1.54) is 0 Å². The Balaban J connectivity index is 2.10. The van der Waals surface area contributed by atoms with Crippen molar-refractivity contribution in [2.24, 2.45) is 5.92 Å². The first kappa shape index (κ1) is 9.06. The maximum atomic E-state index is 11.4. The fourth-order valence-electron chi connectivity index (χ4n) is 1.21. The predicted octanol–water partition coefficient (Wildman–Crippen LogP) is 2.01. The van der Waals surface area contributed by atoms with Gasteiger partial charge in [0.25, 0.3) is 0 Å². The van der Waals surface area contributed by atoms with Crippen LogP contribution in [0.4, 0.5) is 0 Å². The summed E-state index contributed by atoms with van der Waals surface area (Å²) in [5, 5.41) is 0. The van der Waals surface area contributed by atoms with Crippen molar-refractivity contribution in [1.82, 2.24) is 0 Å². The highest BCUT2D eigenvalue weighted by Crippen LogP contribution is 2.33. The predicted molar refractivity (Wildman–Crippen MR) is 51.4 cm³/mol. The average Bonchev–Trinajstić information content (AvgIpc) is 3.02. The number of hydrogen-bond donors (Lipinski definition) is 0. The van der Waals surface area contributed by atoms with Crippen LogP contribution in [-0.2, 0) is 4.79 Å². The van der Waals surface area contributed by atoms with E-state index < -0.39 is 0 Å². The van der Waals surface area contributed by atoms with Gasteiger partial charge in [-0.05, 0) is 25.0 Å². The molecule has 0 saturated heterocycles. The van der Waals surface area contributed by atoms with Crippen LogP contribution < -0.4 is 9.47 Å². The van der Waals surface area contributed by atoms with Gasteiger partial charge < -0.3 is 9.47 Å². The van der Waals surface area contributed by atoms with Crippen LogP contribution in [0.25, 0.3) is 0 Å².